The van der Waals surface area contributed by atoms with Gasteiger partial charge in [-0.1, -0.05) is 0 Å². The molecule has 1 heterocycles. The van der Waals surface area contributed by atoms with Gasteiger partial charge < -0.3 is 10.2 Å². The largest absolute Gasteiger partial charge is 0.480 e. The van der Waals surface area contributed by atoms with Crippen molar-refractivity contribution in [2.75, 3.05) is 12.3 Å². The average Bonchev–Trinajstić information content (AvgIpc) is 2.92. The number of carboxylic acids is 1. The molecule has 0 bridgehead atoms. The van der Waals surface area contributed by atoms with E-state index in [0.717, 1.165) is 12.8 Å². The second-order valence-corrected chi connectivity index (χ2v) is 7.25. The molecule has 1 saturated heterocycles. The fourth-order valence-corrected chi connectivity index (χ4v) is 4.38. The first-order chi connectivity index (χ1) is 8.31. The quantitative estimate of drug-likeness (QED) is 0.749. The van der Waals surface area contributed by atoms with E-state index in [9.17, 15) is 18.0 Å². The fraction of sp³-hybridized carbons (Fsp3) is 0.800. The number of carboxylic acid groups (broad SMARTS) is 2. The molecule has 2 N–H and O–H groups in total. The number of nitrogens with zero attached hydrogens (tertiary/aromatic N) is 1. The Bertz CT molecular complexity index is 447. The Kier molecular flexibility index (Phi) is 3.22. The highest BCUT2D eigenvalue weighted by molar-refractivity contribution is 7.92. The number of likely N-dealkylation sites (tertiary alicyclic amines) is 1. The van der Waals surface area contributed by atoms with Crippen LogP contribution in [0, 0.1) is 5.92 Å². The van der Waals surface area contributed by atoms with Crippen molar-refractivity contribution in [2.45, 2.75) is 30.6 Å². The van der Waals surface area contributed by atoms with Gasteiger partial charge >= 0.3 is 12.1 Å². The van der Waals surface area contributed by atoms with Gasteiger partial charge in [0.2, 0.25) is 0 Å². The fourth-order valence-electron chi connectivity index (χ4n) is 2.25. The molecule has 2 fully saturated rings. The van der Waals surface area contributed by atoms with Crippen molar-refractivity contribution in [2.24, 2.45) is 5.92 Å². The van der Waals surface area contributed by atoms with Crippen LogP contribution in [0.4, 0.5) is 4.79 Å². The molecule has 0 unspecified atom stereocenters. The molecule has 1 saturated carbocycles. The van der Waals surface area contributed by atoms with Gasteiger partial charge in [-0.15, -0.1) is 0 Å². The molecule has 18 heavy (non-hydrogen) atoms. The van der Waals surface area contributed by atoms with Crippen molar-refractivity contribution in [3.8, 4) is 0 Å². The molecular formula is C10H15NO6S. The first-order valence-corrected chi connectivity index (χ1v) is 7.46. The molecule has 2 atom stereocenters. The lowest BCUT2D eigenvalue weighted by atomic mass is 10.2. The number of aliphatic carboxylic acids is 1. The molecule has 0 aromatic heterocycles. The monoisotopic (exact) mass is 277 g/mol. The van der Waals surface area contributed by atoms with Crippen molar-refractivity contribution in [1.82, 2.24) is 4.90 Å². The molecule has 1 amide bonds. The van der Waals surface area contributed by atoms with Crippen LogP contribution in [0.5, 0.6) is 0 Å². The Morgan fingerprint density at radius 2 is 1.83 bits per heavy atom. The van der Waals surface area contributed by atoms with Gasteiger partial charge in [0.15, 0.2) is 9.84 Å². The van der Waals surface area contributed by atoms with Crippen LogP contribution >= 0.6 is 0 Å². The Hall–Kier alpha value is -1.31. The predicted molar refractivity (Wildman–Crippen MR) is 61.1 cm³/mol. The van der Waals surface area contributed by atoms with Gasteiger partial charge in [-0.25, -0.2) is 18.0 Å². The molecule has 1 aliphatic carbocycles. The summed E-state index contributed by atoms with van der Waals surface area (Å²) in [5.74, 6) is -1.06. The summed E-state index contributed by atoms with van der Waals surface area (Å²) in [6.45, 7) is -0.235. The highest BCUT2D eigenvalue weighted by Crippen LogP contribution is 2.33. The van der Waals surface area contributed by atoms with Gasteiger partial charge in [0.25, 0.3) is 0 Å². The van der Waals surface area contributed by atoms with E-state index in [2.05, 4.69) is 0 Å². The van der Waals surface area contributed by atoms with Crippen LogP contribution in [0.25, 0.3) is 0 Å². The second kappa shape index (κ2) is 4.42. The van der Waals surface area contributed by atoms with Crippen LogP contribution in [-0.2, 0) is 14.6 Å². The molecule has 8 heteroatoms. The zero-order chi connectivity index (χ0) is 13.5. The van der Waals surface area contributed by atoms with Gasteiger partial charge in [-0.2, -0.15) is 0 Å². The molecule has 2 rings (SSSR count). The zero-order valence-corrected chi connectivity index (χ0v) is 10.5. The number of hydrogen-bond donors (Lipinski definition) is 2. The summed E-state index contributed by atoms with van der Waals surface area (Å²) >= 11 is 0. The van der Waals surface area contributed by atoms with E-state index in [1.54, 1.807) is 0 Å². The maximum absolute atomic E-state index is 12.0. The first kappa shape index (κ1) is 13.1. The Balaban J connectivity index is 2.12. The maximum Gasteiger partial charge on any atom is 0.408 e. The van der Waals surface area contributed by atoms with Gasteiger partial charge in [0.05, 0.1) is 11.0 Å². The standard InChI is InChI=1S/C10H15NO6S/c12-9(13)8-3-7(4-11(8)10(14)15)18(16,17)5-6-1-2-6/h6-8H,1-5H2,(H,12,13)(H,14,15)/t7-,8+/m1/s1. The lowest BCUT2D eigenvalue weighted by Crippen LogP contribution is -2.39. The Morgan fingerprint density at radius 3 is 2.22 bits per heavy atom. The summed E-state index contributed by atoms with van der Waals surface area (Å²) in [4.78, 5) is 22.5. The summed E-state index contributed by atoms with van der Waals surface area (Å²) in [7, 11) is -3.40. The number of sulfone groups is 1. The summed E-state index contributed by atoms with van der Waals surface area (Å²) in [5.41, 5.74) is 0. The molecule has 2 aliphatic rings. The van der Waals surface area contributed by atoms with E-state index in [0.29, 0.717) is 4.90 Å². The van der Waals surface area contributed by atoms with Gasteiger partial charge in [-0.3, -0.25) is 4.90 Å². The van der Waals surface area contributed by atoms with E-state index in [1.165, 1.54) is 0 Å². The van der Waals surface area contributed by atoms with Crippen LogP contribution in [-0.4, -0.2) is 59.2 Å². The van der Waals surface area contributed by atoms with Gasteiger partial charge in [0, 0.05) is 6.54 Å². The zero-order valence-electron chi connectivity index (χ0n) is 9.65. The number of amides is 1. The van der Waals surface area contributed by atoms with Crippen molar-refractivity contribution >= 4 is 21.9 Å². The van der Waals surface area contributed by atoms with Crippen molar-refractivity contribution in [3.63, 3.8) is 0 Å². The molecule has 102 valence electrons. The lowest BCUT2D eigenvalue weighted by Gasteiger charge is -2.16. The van der Waals surface area contributed by atoms with E-state index >= 15 is 0 Å². The molecule has 1 aliphatic heterocycles. The van der Waals surface area contributed by atoms with E-state index in [1.807, 2.05) is 0 Å². The maximum atomic E-state index is 12.0. The Labute approximate surface area is 104 Å². The summed E-state index contributed by atoms with van der Waals surface area (Å²) < 4.78 is 24.0. The third-order valence-corrected chi connectivity index (χ3v) is 5.76. The normalized spacial score (nSPS) is 28.3. The lowest BCUT2D eigenvalue weighted by molar-refractivity contribution is -0.141. The Morgan fingerprint density at radius 1 is 1.22 bits per heavy atom. The predicted octanol–water partition coefficient (Wildman–Crippen LogP) is 0.0167. The van der Waals surface area contributed by atoms with Crippen molar-refractivity contribution in [1.29, 1.82) is 0 Å². The van der Waals surface area contributed by atoms with Crippen LogP contribution in [0.15, 0.2) is 0 Å². The van der Waals surface area contributed by atoms with Crippen LogP contribution in [0.1, 0.15) is 19.3 Å². The molecule has 7 nitrogen and oxygen atoms in total. The summed E-state index contributed by atoms with van der Waals surface area (Å²) in [5, 5.41) is 16.9. The smallest absolute Gasteiger partial charge is 0.408 e. The minimum atomic E-state index is -3.40. The van der Waals surface area contributed by atoms with E-state index in [-0.39, 0.29) is 24.6 Å². The molecule has 0 spiro atoms. The summed E-state index contributed by atoms with van der Waals surface area (Å²) in [6.07, 6.45) is 0.247. The summed E-state index contributed by atoms with van der Waals surface area (Å²) in [6, 6.07) is -1.25. The topological polar surface area (TPSA) is 112 Å². The molecule has 0 aromatic carbocycles. The van der Waals surface area contributed by atoms with E-state index < -0.39 is 33.2 Å². The average molecular weight is 277 g/mol. The minimum Gasteiger partial charge on any atom is -0.480 e. The number of carbonyl (C=O) groups is 2. The van der Waals surface area contributed by atoms with E-state index in [4.69, 9.17) is 10.2 Å². The second-order valence-electron chi connectivity index (χ2n) is 4.92. The SMILES string of the molecule is O=C(O)[C@@H]1C[C@@H](S(=O)(=O)CC2CC2)CN1C(=O)O. The molecule has 0 radical (unpaired) electrons. The van der Waals surface area contributed by atoms with Crippen LogP contribution < -0.4 is 0 Å². The minimum absolute atomic E-state index is 0.0530. The van der Waals surface area contributed by atoms with Crippen molar-refractivity contribution in [3.05, 3.63) is 0 Å². The highest BCUT2D eigenvalue weighted by Gasteiger charge is 2.46. The number of rotatable bonds is 4. The van der Waals surface area contributed by atoms with Gasteiger partial charge in [-0.05, 0) is 25.2 Å². The first-order valence-electron chi connectivity index (χ1n) is 5.75. The third kappa shape index (κ3) is 2.58. The molecular weight excluding hydrogens is 262 g/mol. The molecule has 0 aromatic rings. The van der Waals surface area contributed by atoms with Crippen molar-refractivity contribution < 1.29 is 28.2 Å². The van der Waals surface area contributed by atoms with Gasteiger partial charge in [0.1, 0.15) is 6.04 Å². The van der Waals surface area contributed by atoms with Crippen LogP contribution in [0.3, 0.4) is 0 Å². The van der Waals surface area contributed by atoms with Crippen LogP contribution in [0.2, 0.25) is 0 Å². The number of hydrogen-bond acceptors (Lipinski definition) is 4. The third-order valence-electron chi connectivity index (χ3n) is 3.47. The highest BCUT2D eigenvalue weighted by atomic mass is 32.2.